The number of fused-ring (bicyclic) bond motifs is 6. The predicted molar refractivity (Wildman–Crippen MR) is 228 cm³/mol. The van der Waals surface area contributed by atoms with E-state index in [2.05, 4.69) is 187 Å². The molecule has 0 unspecified atom stereocenters. The summed E-state index contributed by atoms with van der Waals surface area (Å²) in [5, 5.41) is 2.29. The molecule has 0 atom stereocenters. The average molecular weight is 715 g/mol. The molecule has 11 rings (SSSR count). The Hall–Kier alpha value is -7.43. The molecule has 10 aromatic rings. The van der Waals surface area contributed by atoms with Gasteiger partial charge in [0.05, 0.1) is 16.4 Å². The van der Waals surface area contributed by atoms with E-state index in [1.807, 2.05) is 24.3 Å². The molecule has 0 saturated carbocycles. The summed E-state index contributed by atoms with van der Waals surface area (Å²) in [6, 6.07) is 73.4. The zero-order valence-corrected chi connectivity index (χ0v) is 30.4. The van der Waals surface area contributed by atoms with Crippen LogP contribution in [0, 0.1) is 0 Å². The van der Waals surface area contributed by atoms with Crippen molar-refractivity contribution >= 4 is 21.8 Å². The standard InChI is InChI=1S/C52H34N4/c1-5-18-35(19-6-1)37-22-17-23-38(32-37)50-53-49(36-20-7-2-8-21-36)54-51(55-50)56-47-31-16-14-29-42(47)44-33-46-43(34-48(44)56)41-28-13-15-30-45(41)52(46,39-24-9-3-10-25-39)40-26-11-4-12-27-40/h1-34H. The molecular weight excluding hydrogens is 681 g/mol. The molecule has 0 N–H and O–H groups in total. The van der Waals surface area contributed by atoms with Gasteiger partial charge in [-0.2, -0.15) is 9.97 Å². The first-order chi connectivity index (χ1) is 27.8. The van der Waals surface area contributed by atoms with E-state index in [0.29, 0.717) is 17.6 Å². The average Bonchev–Trinajstić information content (AvgIpc) is 3.76. The minimum absolute atomic E-state index is 0.504. The van der Waals surface area contributed by atoms with Gasteiger partial charge in [-0.15, -0.1) is 0 Å². The highest BCUT2D eigenvalue weighted by Gasteiger charge is 2.46. The van der Waals surface area contributed by atoms with Crippen molar-refractivity contribution in [3.8, 4) is 51.0 Å². The Morgan fingerprint density at radius 3 is 1.61 bits per heavy atom. The highest BCUT2D eigenvalue weighted by atomic mass is 15.2. The van der Waals surface area contributed by atoms with Crippen molar-refractivity contribution in [2.75, 3.05) is 0 Å². The lowest BCUT2D eigenvalue weighted by Crippen LogP contribution is -2.28. The van der Waals surface area contributed by atoms with E-state index < -0.39 is 5.41 Å². The molecule has 4 heteroatoms. The van der Waals surface area contributed by atoms with Gasteiger partial charge in [0.15, 0.2) is 11.6 Å². The van der Waals surface area contributed by atoms with Gasteiger partial charge in [-0.25, -0.2) is 4.98 Å². The van der Waals surface area contributed by atoms with E-state index in [9.17, 15) is 0 Å². The second-order valence-corrected chi connectivity index (χ2v) is 14.4. The van der Waals surface area contributed by atoms with Crippen molar-refractivity contribution in [3.05, 3.63) is 229 Å². The quantitative estimate of drug-likeness (QED) is 0.172. The lowest BCUT2D eigenvalue weighted by atomic mass is 9.67. The molecule has 0 fully saturated rings. The fourth-order valence-electron chi connectivity index (χ4n) is 8.90. The van der Waals surface area contributed by atoms with Crippen LogP contribution >= 0.6 is 0 Å². The topological polar surface area (TPSA) is 43.6 Å². The Labute approximate surface area is 325 Å². The van der Waals surface area contributed by atoms with Crippen LogP contribution in [-0.2, 0) is 5.41 Å². The maximum absolute atomic E-state index is 5.31. The molecular formula is C52H34N4. The van der Waals surface area contributed by atoms with E-state index >= 15 is 0 Å². The Morgan fingerprint density at radius 1 is 0.339 bits per heavy atom. The summed E-state index contributed by atoms with van der Waals surface area (Å²) in [5.41, 5.74) is 13.2. The van der Waals surface area contributed by atoms with E-state index in [1.54, 1.807) is 0 Å². The van der Waals surface area contributed by atoms with Gasteiger partial charge in [-0.1, -0.05) is 182 Å². The summed E-state index contributed by atoms with van der Waals surface area (Å²) < 4.78 is 2.23. The number of hydrogen-bond acceptors (Lipinski definition) is 3. The van der Waals surface area contributed by atoms with Crippen molar-refractivity contribution in [3.63, 3.8) is 0 Å². The first kappa shape index (κ1) is 32.0. The zero-order valence-electron chi connectivity index (χ0n) is 30.4. The van der Waals surface area contributed by atoms with Crippen molar-refractivity contribution in [2.45, 2.75) is 5.41 Å². The van der Waals surface area contributed by atoms with Crippen LogP contribution in [0.1, 0.15) is 22.3 Å². The van der Waals surface area contributed by atoms with E-state index in [0.717, 1.165) is 44.1 Å². The Kier molecular flexibility index (Phi) is 7.36. The van der Waals surface area contributed by atoms with Gasteiger partial charge in [0, 0.05) is 21.9 Å². The van der Waals surface area contributed by atoms with E-state index in [4.69, 9.17) is 15.0 Å². The van der Waals surface area contributed by atoms with Crippen LogP contribution < -0.4 is 0 Å². The lowest BCUT2D eigenvalue weighted by Gasteiger charge is -2.33. The lowest BCUT2D eigenvalue weighted by molar-refractivity contribution is 0.769. The first-order valence-corrected chi connectivity index (χ1v) is 19.0. The smallest absolute Gasteiger partial charge is 0.238 e. The summed E-state index contributed by atoms with van der Waals surface area (Å²) in [6.45, 7) is 0. The van der Waals surface area contributed by atoms with Crippen LogP contribution in [0.3, 0.4) is 0 Å². The molecule has 0 radical (unpaired) electrons. The molecule has 8 aromatic carbocycles. The number of nitrogens with zero attached hydrogens (tertiary/aromatic N) is 4. The molecule has 0 amide bonds. The highest BCUT2D eigenvalue weighted by Crippen LogP contribution is 2.57. The number of aromatic nitrogens is 4. The third-order valence-electron chi connectivity index (χ3n) is 11.3. The Morgan fingerprint density at radius 2 is 0.893 bits per heavy atom. The molecule has 2 heterocycles. The van der Waals surface area contributed by atoms with Crippen molar-refractivity contribution in [2.24, 2.45) is 0 Å². The minimum Gasteiger partial charge on any atom is -0.278 e. The van der Waals surface area contributed by atoms with Gasteiger partial charge < -0.3 is 0 Å². The zero-order chi connectivity index (χ0) is 37.1. The van der Waals surface area contributed by atoms with Gasteiger partial charge in [0.25, 0.3) is 0 Å². The van der Waals surface area contributed by atoms with Crippen LogP contribution in [0.2, 0.25) is 0 Å². The van der Waals surface area contributed by atoms with Crippen LogP contribution in [0.5, 0.6) is 0 Å². The molecule has 0 bridgehead atoms. The van der Waals surface area contributed by atoms with Crippen LogP contribution in [0.25, 0.3) is 72.8 Å². The predicted octanol–water partition coefficient (Wildman–Crippen LogP) is 12.3. The van der Waals surface area contributed by atoms with Crippen LogP contribution in [0.15, 0.2) is 206 Å². The SMILES string of the molecule is c1ccc(-c2cccc(-c3nc(-c4ccccc4)nc(-n4c5ccccc5c5cc6c(cc54)-c4ccccc4C6(c4ccccc4)c4ccccc4)n3)c2)cc1. The fraction of sp³-hybridized carbons (Fsp3) is 0.0192. The third-order valence-corrected chi connectivity index (χ3v) is 11.3. The highest BCUT2D eigenvalue weighted by molar-refractivity contribution is 6.11. The molecule has 0 spiro atoms. The normalized spacial score (nSPS) is 12.8. The largest absolute Gasteiger partial charge is 0.278 e. The molecule has 0 aliphatic heterocycles. The monoisotopic (exact) mass is 714 g/mol. The molecule has 56 heavy (non-hydrogen) atoms. The summed E-state index contributed by atoms with van der Waals surface area (Å²) >= 11 is 0. The maximum atomic E-state index is 5.31. The van der Waals surface area contributed by atoms with Crippen molar-refractivity contribution < 1.29 is 0 Å². The summed E-state index contributed by atoms with van der Waals surface area (Å²) in [5.74, 6) is 1.82. The van der Waals surface area contributed by atoms with Crippen LogP contribution in [-0.4, -0.2) is 19.5 Å². The second-order valence-electron chi connectivity index (χ2n) is 14.4. The van der Waals surface area contributed by atoms with E-state index in [1.165, 1.54) is 33.4 Å². The number of rotatable bonds is 6. The molecule has 262 valence electrons. The summed E-state index contributed by atoms with van der Waals surface area (Å²) in [7, 11) is 0. The first-order valence-electron chi connectivity index (χ1n) is 19.0. The molecule has 1 aliphatic carbocycles. The van der Waals surface area contributed by atoms with Crippen molar-refractivity contribution in [1.82, 2.24) is 19.5 Å². The second kappa shape index (κ2) is 12.9. The minimum atomic E-state index is -0.504. The van der Waals surface area contributed by atoms with Gasteiger partial charge in [0.2, 0.25) is 5.95 Å². The number of benzene rings is 8. The number of para-hydroxylation sites is 1. The van der Waals surface area contributed by atoms with Gasteiger partial charge in [-0.05, 0) is 68.8 Å². The fourth-order valence-corrected chi connectivity index (χ4v) is 8.90. The summed E-state index contributed by atoms with van der Waals surface area (Å²) in [4.78, 5) is 15.7. The molecule has 1 aliphatic rings. The number of hydrogen-bond donors (Lipinski definition) is 0. The summed E-state index contributed by atoms with van der Waals surface area (Å²) in [6.07, 6.45) is 0. The van der Waals surface area contributed by atoms with E-state index in [-0.39, 0.29) is 0 Å². The Balaban J connectivity index is 1.21. The molecule has 4 nitrogen and oxygen atoms in total. The van der Waals surface area contributed by atoms with Crippen molar-refractivity contribution in [1.29, 1.82) is 0 Å². The van der Waals surface area contributed by atoms with Crippen LogP contribution in [0.4, 0.5) is 0 Å². The van der Waals surface area contributed by atoms with Gasteiger partial charge >= 0.3 is 0 Å². The Bertz CT molecular complexity index is 3020. The van der Waals surface area contributed by atoms with Gasteiger partial charge in [0.1, 0.15) is 0 Å². The maximum Gasteiger partial charge on any atom is 0.238 e. The molecule has 0 saturated heterocycles. The molecule has 2 aromatic heterocycles. The van der Waals surface area contributed by atoms with Gasteiger partial charge in [-0.3, -0.25) is 4.57 Å². The third kappa shape index (κ3) is 4.89.